The van der Waals surface area contributed by atoms with Crippen LogP contribution in [0.4, 0.5) is 11.4 Å². The molecule has 2 fully saturated rings. The Morgan fingerprint density at radius 2 is 2.05 bits per heavy atom. The van der Waals surface area contributed by atoms with Crippen molar-refractivity contribution in [2.75, 3.05) is 25.0 Å². The molecule has 1 amide bonds. The molecule has 6 nitrogen and oxygen atoms in total. The van der Waals surface area contributed by atoms with E-state index in [1.54, 1.807) is 18.2 Å². The van der Waals surface area contributed by atoms with Crippen molar-refractivity contribution in [3.05, 3.63) is 34.4 Å². The van der Waals surface area contributed by atoms with Gasteiger partial charge in [0.2, 0.25) is 5.91 Å². The summed E-state index contributed by atoms with van der Waals surface area (Å²) in [4.78, 5) is 25.0. The van der Waals surface area contributed by atoms with Gasteiger partial charge in [-0.3, -0.25) is 19.8 Å². The fourth-order valence-electron chi connectivity index (χ4n) is 2.80. The summed E-state index contributed by atoms with van der Waals surface area (Å²) in [5.74, 6) is 1.12. The predicted molar refractivity (Wildman–Crippen MR) is 77.9 cm³/mol. The van der Waals surface area contributed by atoms with Crippen LogP contribution in [0.2, 0.25) is 0 Å². The Hall–Kier alpha value is -1.47. The molecule has 1 unspecified atom stereocenters. The molecule has 0 aromatic heterocycles. The molecule has 1 saturated heterocycles. The number of halogens is 1. The van der Waals surface area contributed by atoms with Crippen molar-refractivity contribution < 1.29 is 9.72 Å². The molecule has 1 aliphatic carbocycles. The van der Waals surface area contributed by atoms with Crippen LogP contribution in [-0.4, -0.2) is 40.2 Å². The molecule has 1 aromatic carbocycles. The monoisotopic (exact) mass is 339 g/mol. The van der Waals surface area contributed by atoms with E-state index in [1.807, 2.05) is 0 Å². The summed E-state index contributed by atoms with van der Waals surface area (Å²) in [5.41, 5.74) is 0.177. The van der Waals surface area contributed by atoms with Crippen LogP contribution in [-0.2, 0) is 4.79 Å². The number of piperidine rings is 1. The standard InChI is InChI=1S/C13H14BrN3O3/c14-13-8-5-16(6-9(8)13)7-12(18)15-10-3-1-2-4-11(10)17(19)20/h1-4,8-9,13H,5-7H2,(H,15,18)/t8-,9+,13?. The number of alkyl halides is 1. The van der Waals surface area contributed by atoms with Crippen LogP contribution in [0.15, 0.2) is 24.3 Å². The lowest BCUT2D eigenvalue weighted by atomic mass is 10.2. The number of carbonyl (C=O) groups is 1. The van der Waals surface area contributed by atoms with E-state index in [0.29, 0.717) is 23.2 Å². The van der Waals surface area contributed by atoms with Gasteiger partial charge in [0.15, 0.2) is 0 Å². The van der Waals surface area contributed by atoms with Gasteiger partial charge in [-0.2, -0.15) is 0 Å². The van der Waals surface area contributed by atoms with Crippen molar-refractivity contribution in [2.24, 2.45) is 11.8 Å². The van der Waals surface area contributed by atoms with Gasteiger partial charge < -0.3 is 5.32 Å². The van der Waals surface area contributed by atoms with Crippen LogP contribution < -0.4 is 5.32 Å². The van der Waals surface area contributed by atoms with E-state index in [2.05, 4.69) is 26.1 Å². The Balaban J connectivity index is 1.58. The molecule has 1 N–H and O–H groups in total. The van der Waals surface area contributed by atoms with Crippen molar-refractivity contribution in [3.63, 3.8) is 0 Å². The maximum Gasteiger partial charge on any atom is 0.292 e. The van der Waals surface area contributed by atoms with Gasteiger partial charge >= 0.3 is 0 Å². The summed E-state index contributed by atoms with van der Waals surface area (Å²) in [5, 5.41) is 13.5. The average molecular weight is 340 g/mol. The number of benzene rings is 1. The molecule has 106 valence electrons. The van der Waals surface area contributed by atoms with E-state index in [0.717, 1.165) is 13.1 Å². The Bertz CT molecular complexity index is 554. The third-order valence-electron chi connectivity index (χ3n) is 3.91. The Kier molecular flexibility index (Phi) is 3.47. The van der Waals surface area contributed by atoms with Gasteiger partial charge in [-0.15, -0.1) is 0 Å². The fraction of sp³-hybridized carbons (Fsp3) is 0.462. The van der Waals surface area contributed by atoms with Gasteiger partial charge in [0.25, 0.3) is 5.69 Å². The van der Waals surface area contributed by atoms with Crippen molar-refractivity contribution in [1.29, 1.82) is 0 Å². The smallest absolute Gasteiger partial charge is 0.292 e. The Labute approximate surface area is 124 Å². The SMILES string of the molecule is O=C(CN1C[C@@H]2C(Br)[C@@H]2C1)Nc1ccccc1[N+](=O)[O-]. The normalized spacial score (nSPS) is 27.9. The van der Waals surface area contributed by atoms with Gasteiger partial charge in [0, 0.05) is 24.0 Å². The van der Waals surface area contributed by atoms with Crippen LogP contribution in [0.3, 0.4) is 0 Å². The first-order chi connectivity index (χ1) is 9.56. The van der Waals surface area contributed by atoms with E-state index >= 15 is 0 Å². The minimum Gasteiger partial charge on any atom is -0.319 e. The maximum absolute atomic E-state index is 12.0. The lowest BCUT2D eigenvalue weighted by Crippen LogP contribution is -2.33. The first-order valence-corrected chi connectivity index (χ1v) is 7.37. The minimum absolute atomic E-state index is 0.0781. The molecule has 1 saturated carbocycles. The molecule has 3 atom stereocenters. The van der Waals surface area contributed by atoms with Gasteiger partial charge in [-0.25, -0.2) is 0 Å². The lowest BCUT2D eigenvalue weighted by Gasteiger charge is -2.17. The number of nitro benzene ring substituents is 1. The van der Waals surface area contributed by atoms with E-state index in [1.165, 1.54) is 6.07 Å². The maximum atomic E-state index is 12.0. The summed E-state index contributed by atoms with van der Waals surface area (Å²) >= 11 is 3.60. The zero-order valence-electron chi connectivity index (χ0n) is 10.7. The summed E-state index contributed by atoms with van der Waals surface area (Å²) in [6.07, 6.45) is 0. The van der Waals surface area contributed by atoms with Crippen LogP contribution in [0.5, 0.6) is 0 Å². The summed E-state index contributed by atoms with van der Waals surface area (Å²) in [6.45, 7) is 2.13. The molecule has 0 radical (unpaired) electrons. The molecule has 0 bridgehead atoms. The number of para-hydroxylation sites is 2. The number of fused-ring (bicyclic) bond motifs is 1. The Morgan fingerprint density at radius 1 is 1.40 bits per heavy atom. The molecular weight excluding hydrogens is 326 g/mol. The van der Waals surface area contributed by atoms with Crippen LogP contribution >= 0.6 is 15.9 Å². The van der Waals surface area contributed by atoms with E-state index in [9.17, 15) is 14.9 Å². The quantitative estimate of drug-likeness (QED) is 0.516. The van der Waals surface area contributed by atoms with Crippen molar-refractivity contribution in [3.8, 4) is 0 Å². The second-order valence-corrected chi connectivity index (χ2v) is 6.35. The summed E-state index contributed by atoms with van der Waals surface area (Å²) in [6, 6.07) is 6.18. The largest absolute Gasteiger partial charge is 0.319 e. The molecule has 0 spiro atoms. The molecule has 2 aliphatic rings. The van der Waals surface area contributed by atoms with Gasteiger partial charge in [-0.1, -0.05) is 28.1 Å². The van der Waals surface area contributed by atoms with Crippen molar-refractivity contribution >= 4 is 33.2 Å². The topological polar surface area (TPSA) is 75.5 Å². The number of nitrogens with one attached hydrogen (secondary N) is 1. The number of hydrogen-bond donors (Lipinski definition) is 1. The molecule has 7 heteroatoms. The number of likely N-dealkylation sites (tertiary alicyclic amines) is 1. The van der Waals surface area contributed by atoms with Crippen molar-refractivity contribution in [2.45, 2.75) is 4.83 Å². The number of nitro groups is 1. The van der Waals surface area contributed by atoms with E-state index in [-0.39, 0.29) is 17.3 Å². The molecule has 1 aliphatic heterocycles. The van der Waals surface area contributed by atoms with Gasteiger partial charge in [0.1, 0.15) is 5.69 Å². The summed E-state index contributed by atoms with van der Waals surface area (Å²) < 4.78 is 0. The third-order valence-corrected chi connectivity index (χ3v) is 5.27. The Morgan fingerprint density at radius 3 is 2.70 bits per heavy atom. The second-order valence-electron chi connectivity index (χ2n) is 5.29. The highest BCUT2D eigenvalue weighted by Gasteiger charge is 2.54. The molecular formula is C13H14BrN3O3. The predicted octanol–water partition coefficient (Wildman–Crippen LogP) is 1.86. The molecule has 20 heavy (non-hydrogen) atoms. The highest BCUT2D eigenvalue weighted by atomic mass is 79.9. The zero-order valence-corrected chi connectivity index (χ0v) is 12.2. The first-order valence-electron chi connectivity index (χ1n) is 6.46. The highest BCUT2D eigenvalue weighted by Crippen LogP contribution is 2.50. The highest BCUT2D eigenvalue weighted by molar-refractivity contribution is 9.09. The summed E-state index contributed by atoms with van der Waals surface area (Å²) in [7, 11) is 0. The van der Waals surface area contributed by atoms with Crippen LogP contribution in [0.25, 0.3) is 0 Å². The molecule has 3 rings (SSSR count). The number of amides is 1. The molecule has 1 aromatic rings. The van der Waals surface area contributed by atoms with E-state index < -0.39 is 4.92 Å². The average Bonchev–Trinajstić information content (AvgIpc) is 2.84. The lowest BCUT2D eigenvalue weighted by molar-refractivity contribution is -0.383. The fourth-order valence-corrected chi connectivity index (χ4v) is 3.74. The minimum atomic E-state index is -0.490. The number of rotatable bonds is 4. The molecule has 1 heterocycles. The van der Waals surface area contributed by atoms with Crippen LogP contribution in [0.1, 0.15) is 0 Å². The number of anilines is 1. The number of hydrogen-bond acceptors (Lipinski definition) is 4. The van der Waals surface area contributed by atoms with Gasteiger partial charge in [0.05, 0.1) is 11.5 Å². The van der Waals surface area contributed by atoms with Crippen LogP contribution in [0, 0.1) is 22.0 Å². The van der Waals surface area contributed by atoms with E-state index in [4.69, 9.17) is 0 Å². The third kappa shape index (κ3) is 2.55. The zero-order chi connectivity index (χ0) is 14.3. The number of carbonyl (C=O) groups excluding carboxylic acids is 1. The second kappa shape index (κ2) is 5.14. The van der Waals surface area contributed by atoms with Crippen molar-refractivity contribution in [1.82, 2.24) is 4.90 Å². The van der Waals surface area contributed by atoms with Gasteiger partial charge in [-0.05, 0) is 17.9 Å². The number of nitrogens with zero attached hydrogens (tertiary/aromatic N) is 2. The first kappa shape index (κ1) is 13.5.